The molecule has 0 fully saturated rings. The number of nitrogens with one attached hydrogen (secondary N) is 1. The van der Waals surface area contributed by atoms with Crippen molar-refractivity contribution in [3.05, 3.63) is 35.4 Å². The van der Waals surface area contributed by atoms with Crippen LogP contribution in [0.3, 0.4) is 0 Å². The first-order valence-corrected chi connectivity index (χ1v) is 4.84. The van der Waals surface area contributed by atoms with E-state index in [4.69, 9.17) is 5.73 Å². The van der Waals surface area contributed by atoms with Gasteiger partial charge in [-0.05, 0) is 26.0 Å². The molecule has 16 heavy (non-hydrogen) atoms. The fraction of sp³-hybridized carbons (Fsp3) is 0.364. The van der Waals surface area contributed by atoms with E-state index in [-0.39, 0.29) is 12.1 Å². The summed E-state index contributed by atoms with van der Waals surface area (Å²) in [6.45, 7) is 3.60. The van der Waals surface area contributed by atoms with Crippen molar-refractivity contribution >= 4 is 5.91 Å². The lowest BCUT2D eigenvalue weighted by atomic mass is 10.1. The Kier molecular flexibility index (Phi) is 3.59. The van der Waals surface area contributed by atoms with Gasteiger partial charge in [-0.15, -0.1) is 0 Å². The topological polar surface area (TPSA) is 55.1 Å². The zero-order chi connectivity index (χ0) is 12.3. The van der Waals surface area contributed by atoms with Gasteiger partial charge in [0.25, 0.3) is 5.91 Å². The number of benzene rings is 1. The lowest BCUT2D eigenvalue weighted by Crippen LogP contribution is -2.49. The Morgan fingerprint density at radius 3 is 2.62 bits per heavy atom. The molecule has 5 heteroatoms. The van der Waals surface area contributed by atoms with Crippen LogP contribution < -0.4 is 11.1 Å². The molecule has 0 atom stereocenters. The van der Waals surface area contributed by atoms with Crippen LogP contribution in [0.4, 0.5) is 8.78 Å². The van der Waals surface area contributed by atoms with Crippen molar-refractivity contribution in [3.8, 4) is 0 Å². The molecule has 88 valence electrons. The minimum Gasteiger partial charge on any atom is -0.346 e. The quantitative estimate of drug-likeness (QED) is 0.822. The predicted molar refractivity (Wildman–Crippen MR) is 57.0 cm³/mol. The molecule has 1 amide bonds. The maximum atomic E-state index is 13.3. The zero-order valence-corrected chi connectivity index (χ0v) is 9.18. The van der Waals surface area contributed by atoms with E-state index in [1.807, 2.05) is 0 Å². The SMILES string of the molecule is CC(C)(CN)NC(=O)c1cccc(F)c1F. The number of rotatable bonds is 3. The van der Waals surface area contributed by atoms with Crippen molar-refractivity contribution in [1.82, 2.24) is 5.32 Å². The Balaban J connectivity index is 2.94. The molecule has 0 unspecified atom stereocenters. The first-order valence-electron chi connectivity index (χ1n) is 4.84. The molecule has 1 aromatic rings. The summed E-state index contributed by atoms with van der Waals surface area (Å²) in [5.41, 5.74) is 4.44. The minimum absolute atomic E-state index is 0.204. The molecule has 0 saturated carbocycles. The molecule has 0 aliphatic rings. The largest absolute Gasteiger partial charge is 0.346 e. The number of halogens is 2. The standard InChI is InChI=1S/C11H14F2N2O/c1-11(2,6-14)15-10(16)7-4-3-5-8(12)9(7)13/h3-5H,6,14H2,1-2H3,(H,15,16). The second-order valence-electron chi connectivity index (χ2n) is 4.14. The van der Waals surface area contributed by atoms with E-state index >= 15 is 0 Å². The molecule has 1 rings (SSSR count). The van der Waals surface area contributed by atoms with Crippen molar-refractivity contribution in [3.63, 3.8) is 0 Å². The molecule has 0 aliphatic heterocycles. The van der Waals surface area contributed by atoms with Crippen molar-refractivity contribution in [2.24, 2.45) is 5.73 Å². The van der Waals surface area contributed by atoms with Crippen LogP contribution in [0, 0.1) is 11.6 Å². The molecule has 0 bridgehead atoms. The van der Waals surface area contributed by atoms with Crippen LogP contribution in [0.2, 0.25) is 0 Å². The third-order valence-electron chi connectivity index (χ3n) is 2.16. The monoisotopic (exact) mass is 228 g/mol. The average molecular weight is 228 g/mol. The molecule has 1 aromatic carbocycles. The highest BCUT2D eigenvalue weighted by atomic mass is 19.2. The van der Waals surface area contributed by atoms with Gasteiger partial charge in [-0.25, -0.2) is 8.78 Å². The second kappa shape index (κ2) is 4.57. The fourth-order valence-corrected chi connectivity index (χ4v) is 1.10. The fourth-order valence-electron chi connectivity index (χ4n) is 1.10. The van der Waals surface area contributed by atoms with Crippen LogP contribution in [0.15, 0.2) is 18.2 Å². The number of hydrogen-bond donors (Lipinski definition) is 2. The summed E-state index contributed by atoms with van der Waals surface area (Å²) in [5.74, 6) is -2.86. The summed E-state index contributed by atoms with van der Waals surface area (Å²) in [4.78, 5) is 11.6. The summed E-state index contributed by atoms with van der Waals surface area (Å²) in [6.07, 6.45) is 0. The van der Waals surface area contributed by atoms with E-state index in [1.165, 1.54) is 12.1 Å². The van der Waals surface area contributed by atoms with E-state index < -0.39 is 23.1 Å². The van der Waals surface area contributed by atoms with E-state index in [2.05, 4.69) is 5.32 Å². The van der Waals surface area contributed by atoms with Crippen molar-refractivity contribution in [2.75, 3.05) is 6.54 Å². The second-order valence-corrected chi connectivity index (χ2v) is 4.14. The molecule has 0 saturated heterocycles. The van der Waals surface area contributed by atoms with E-state index in [0.29, 0.717) is 0 Å². The lowest BCUT2D eigenvalue weighted by Gasteiger charge is -2.24. The molecule has 0 aliphatic carbocycles. The Hall–Kier alpha value is -1.49. The average Bonchev–Trinajstić information content (AvgIpc) is 2.21. The molecule has 0 aromatic heterocycles. The Labute approximate surface area is 92.6 Å². The van der Waals surface area contributed by atoms with Gasteiger partial charge >= 0.3 is 0 Å². The molecular weight excluding hydrogens is 214 g/mol. The van der Waals surface area contributed by atoms with Crippen LogP contribution in [0.5, 0.6) is 0 Å². The molecule has 3 nitrogen and oxygen atoms in total. The van der Waals surface area contributed by atoms with Gasteiger partial charge in [0.15, 0.2) is 11.6 Å². The highest BCUT2D eigenvalue weighted by Gasteiger charge is 2.22. The Morgan fingerprint density at radius 2 is 2.06 bits per heavy atom. The number of carbonyl (C=O) groups is 1. The van der Waals surface area contributed by atoms with Crippen LogP contribution >= 0.6 is 0 Å². The molecule has 0 radical (unpaired) electrons. The van der Waals surface area contributed by atoms with Crippen LogP contribution in [-0.4, -0.2) is 18.0 Å². The van der Waals surface area contributed by atoms with Gasteiger partial charge in [0.2, 0.25) is 0 Å². The van der Waals surface area contributed by atoms with Gasteiger partial charge in [0.1, 0.15) is 0 Å². The summed E-state index contributed by atoms with van der Waals surface area (Å²) in [7, 11) is 0. The van der Waals surface area contributed by atoms with Crippen LogP contribution in [0.25, 0.3) is 0 Å². The number of hydrogen-bond acceptors (Lipinski definition) is 2. The van der Waals surface area contributed by atoms with E-state index in [9.17, 15) is 13.6 Å². The minimum atomic E-state index is -1.15. The summed E-state index contributed by atoms with van der Waals surface area (Å²) < 4.78 is 26.1. The summed E-state index contributed by atoms with van der Waals surface area (Å²) in [5, 5.41) is 2.52. The highest BCUT2D eigenvalue weighted by molar-refractivity contribution is 5.94. The molecule has 0 spiro atoms. The molecular formula is C11H14F2N2O. The molecule has 3 N–H and O–H groups in total. The predicted octanol–water partition coefficient (Wildman–Crippen LogP) is 1.43. The number of amides is 1. The highest BCUT2D eigenvalue weighted by Crippen LogP contribution is 2.12. The van der Waals surface area contributed by atoms with Crippen molar-refractivity contribution in [1.29, 1.82) is 0 Å². The number of nitrogens with two attached hydrogens (primary N) is 1. The van der Waals surface area contributed by atoms with Gasteiger partial charge < -0.3 is 11.1 Å². The van der Waals surface area contributed by atoms with E-state index in [0.717, 1.165) is 6.07 Å². The summed E-state index contributed by atoms with van der Waals surface area (Å²) in [6, 6.07) is 3.46. The maximum absolute atomic E-state index is 13.3. The Morgan fingerprint density at radius 1 is 1.44 bits per heavy atom. The van der Waals surface area contributed by atoms with Gasteiger partial charge in [0.05, 0.1) is 5.56 Å². The Bertz CT molecular complexity index is 405. The summed E-state index contributed by atoms with van der Waals surface area (Å²) >= 11 is 0. The normalized spacial score (nSPS) is 11.3. The maximum Gasteiger partial charge on any atom is 0.254 e. The van der Waals surface area contributed by atoms with Gasteiger partial charge in [-0.2, -0.15) is 0 Å². The molecule has 0 heterocycles. The first kappa shape index (κ1) is 12.6. The zero-order valence-electron chi connectivity index (χ0n) is 9.18. The first-order chi connectivity index (χ1) is 7.37. The van der Waals surface area contributed by atoms with Crippen LogP contribution in [0.1, 0.15) is 24.2 Å². The van der Waals surface area contributed by atoms with Crippen molar-refractivity contribution in [2.45, 2.75) is 19.4 Å². The third kappa shape index (κ3) is 2.76. The van der Waals surface area contributed by atoms with Gasteiger partial charge in [-0.1, -0.05) is 6.07 Å². The third-order valence-corrected chi connectivity index (χ3v) is 2.16. The van der Waals surface area contributed by atoms with Gasteiger partial charge in [0, 0.05) is 12.1 Å². The van der Waals surface area contributed by atoms with E-state index in [1.54, 1.807) is 13.8 Å². The van der Waals surface area contributed by atoms with Crippen molar-refractivity contribution < 1.29 is 13.6 Å². The smallest absolute Gasteiger partial charge is 0.254 e. The number of carbonyl (C=O) groups excluding carboxylic acids is 1. The van der Waals surface area contributed by atoms with Gasteiger partial charge in [-0.3, -0.25) is 4.79 Å². The lowest BCUT2D eigenvalue weighted by molar-refractivity contribution is 0.0910. The van der Waals surface area contributed by atoms with Crippen LogP contribution in [-0.2, 0) is 0 Å².